The van der Waals surface area contributed by atoms with E-state index in [2.05, 4.69) is 4.98 Å². The molecule has 1 atom stereocenters. The highest BCUT2D eigenvalue weighted by Crippen LogP contribution is 2.31. The lowest BCUT2D eigenvalue weighted by atomic mass is 9.98. The lowest BCUT2D eigenvalue weighted by Gasteiger charge is -2.24. The summed E-state index contributed by atoms with van der Waals surface area (Å²) in [5, 5.41) is 0.551. The topological polar surface area (TPSA) is 61.2 Å². The highest BCUT2D eigenvalue weighted by Gasteiger charge is 2.26. The number of esters is 1. The van der Waals surface area contributed by atoms with Gasteiger partial charge in [0.2, 0.25) is 0 Å². The van der Waals surface area contributed by atoms with Gasteiger partial charge in [0.15, 0.2) is 0 Å². The SMILES string of the molecule is CC[C@H](C(=O)OC1CCCCC1)n1cnc2sc(-c3ccccc3)cc2c1=O. The quantitative estimate of drug-likeness (QED) is 0.572. The van der Waals surface area contributed by atoms with Gasteiger partial charge in [0.1, 0.15) is 17.0 Å². The van der Waals surface area contributed by atoms with Gasteiger partial charge in [-0.1, -0.05) is 43.7 Å². The lowest BCUT2D eigenvalue weighted by Crippen LogP contribution is -2.33. The van der Waals surface area contributed by atoms with Crippen LogP contribution in [0.25, 0.3) is 20.7 Å². The van der Waals surface area contributed by atoms with Gasteiger partial charge in [-0.15, -0.1) is 11.3 Å². The van der Waals surface area contributed by atoms with Crippen molar-refractivity contribution in [1.82, 2.24) is 9.55 Å². The molecule has 0 spiro atoms. The maximum absolute atomic E-state index is 13.1. The van der Waals surface area contributed by atoms with Crippen LogP contribution in [0.5, 0.6) is 0 Å². The Morgan fingerprint density at radius 1 is 1.25 bits per heavy atom. The zero-order valence-electron chi connectivity index (χ0n) is 16.0. The molecule has 0 saturated heterocycles. The van der Waals surface area contributed by atoms with Crippen LogP contribution in [-0.2, 0) is 9.53 Å². The van der Waals surface area contributed by atoms with Gasteiger partial charge in [-0.3, -0.25) is 9.36 Å². The molecule has 0 N–H and O–H groups in total. The summed E-state index contributed by atoms with van der Waals surface area (Å²) in [5.74, 6) is -0.323. The number of carbonyl (C=O) groups is 1. The molecule has 1 aliphatic rings. The van der Waals surface area contributed by atoms with Gasteiger partial charge in [-0.05, 0) is 43.7 Å². The molecule has 1 aromatic carbocycles. The molecule has 0 unspecified atom stereocenters. The van der Waals surface area contributed by atoms with Crippen LogP contribution in [0.4, 0.5) is 0 Å². The van der Waals surface area contributed by atoms with E-state index < -0.39 is 6.04 Å². The first-order chi connectivity index (χ1) is 13.7. The Kier molecular flexibility index (Phi) is 5.57. The highest BCUT2D eigenvalue weighted by atomic mass is 32.1. The molecule has 1 fully saturated rings. The molecule has 1 aliphatic carbocycles. The number of fused-ring (bicyclic) bond motifs is 1. The molecule has 28 heavy (non-hydrogen) atoms. The smallest absolute Gasteiger partial charge is 0.329 e. The highest BCUT2D eigenvalue weighted by molar-refractivity contribution is 7.21. The Morgan fingerprint density at radius 2 is 2.00 bits per heavy atom. The molecule has 146 valence electrons. The fourth-order valence-electron chi connectivity index (χ4n) is 3.81. The fraction of sp³-hybridized carbons (Fsp3) is 0.409. The fourth-order valence-corrected chi connectivity index (χ4v) is 4.80. The Morgan fingerprint density at radius 3 is 2.71 bits per heavy atom. The third kappa shape index (κ3) is 3.74. The van der Waals surface area contributed by atoms with E-state index >= 15 is 0 Å². The van der Waals surface area contributed by atoms with Crippen molar-refractivity contribution in [2.75, 3.05) is 0 Å². The Labute approximate surface area is 168 Å². The van der Waals surface area contributed by atoms with Crippen LogP contribution in [0.15, 0.2) is 47.5 Å². The van der Waals surface area contributed by atoms with Crippen molar-refractivity contribution in [2.24, 2.45) is 0 Å². The van der Waals surface area contributed by atoms with E-state index in [4.69, 9.17) is 4.74 Å². The van der Waals surface area contributed by atoms with Crippen LogP contribution in [0.2, 0.25) is 0 Å². The van der Waals surface area contributed by atoms with E-state index in [0.717, 1.165) is 36.1 Å². The van der Waals surface area contributed by atoms with Crippen LogP contribution in [-0.4, -0.2) is 21.6 Å². The molecule has 3 aromatic rings. The second-order valence-corrected chi connectivity index (χ2v) is 8.30. The Hall–Kier alpha value is -2.47. The minimum Gasteiger partial charge on any atom is -0.461 e. The van der Waals surface area contributed by atoms with Gasteiger partial charge < -0.3 is 4.74 Å². The average Bonchev–Trinajstić information content (AvgIpc) is 3.17. The molecule has 0 radical (unpaired) electrons. The van der Waals surface area contributed by atoms with Crippen LogP contribution in [0.1, 0.15) is 51.5 Å². The monoisotopic (exact) mass is 396 g/mol. The summed E-state index contributed by atoms with van der Waals surface area (Å²) in [4.78, 5) is 32.0. The van der Waals surface area contributed by atoms with Crippen molar-refractivity contribution in [3.05, 3.63) is 53.1 Å². The number of rotatable bonds is 5. The van der Waals surface area contributed by atoms with Gasteiger partial charge in [0.05, 0.1) is 11.7 Å². The number of carbonyl (C=O) groups excluding carboxylic acids is 1. The van der Waals surface area contributed by atoms with E-state index in [0.29, 0.717) is 16.6 Å². The number of aromatic nitrogens is 2. The maximum Gasteiger partial charge on any atom is 0.329 e. The summed E-state index contributed by atoms with van der Waals surface area (Å²) in [6.45, 7) is 1.90. The van der Waals surface area contributed by atoms with E-state index in [1.165, 1.54) is 28.7 Å². The molecule has 0 aliphatic heterocycles. The summed E-state index contributed by atoms with van der Waals surface area (Å²) >= 11 is 1.49. The average molecular weight is 397 g/mol. The van der Waals surface area contributed by atoms with Crippen LogP contribution < -0.4 is 5.56 Å². The predicted octanol–water partition coefficient (Wildman–Crippen LogP) is 4.95. The van der Waals surface area contributed by atoms with Crippen molar-refractivity contribution < 1.29 is 9.53 Å². The minimum atomic E-state index is -0.633. The van der Waals surface area contributed by atoms with E-state index in [9.17, 15) is 9.59 Å². The van der Waals surface area contributed by atoms with Crippen LogP contribution >= 0.6 is 11.3 Å². The first-order valence-electron chi connectivity index (χ1n) is 9.94. The van der Waals surface area contributed by atoms with E-state index in [1.807, 2.05) is 43.3 Å². The number of nitrogens with zero attached hydrogens (tertiary/aromatic N) is 2. The van der Waals surface area contributed by atoms with Crippen molar-refractivity contribution >= 4 is 27.5 Å². The number of thiophene rings is 1. The molecule has 0 bridgehead atoms. The third-order valence-electron chi connectivity index (χ3n) is 5.36. The van der Waals surface area contributed by atoms with Crippen LogP contribution in [0.3, 0.4) is 0 Å². The molecule has 5 nitrogen and oxygen atoms in total. The van der Waals surface area contributed by atoms with Gasteiger partial charge >= 0.3 is 5.97 Å². The standard InChI is InChI=1S/C22H24N2O3S/c1-2-18(22(26)27-16-11-7-4-8-12-16)24-14-23-20-17(21(24)25)13-19(28-20)15-9-5-3-6-10-15/h3,5-6,9-10,13-14,16,18H,2,4,7-8,11-12H2,1H3/t18-/m1/s1. The van der Waals surface area contributed by atoms with Gasteiger partial charge in [-0.25, -0.2) is 9.78 Å². The summed E-state index contributed by atoms with van der Waals surface area (Å²) in [7, 11) is 0. The molecule has 4 rings (SSSR count). The Balaban J connectivity index is 1.64. The van der Waals surface area contributed by atoms with E-state index in [-0.39, 0.29) is 17.6 Å². The number of ether oxygens (including phenoxy) is 1. The molecular weight excluding hydrogens is 372 g/mol. The summed E-state index contributed by atoms with van der Waals surface area (Å²) < 4.78 is 7.16. The molecular formula is C22H24N2O3S. The van der Waals surface area contributed by atoms with Crippen LogP contribution in [0, 0.1) is 0 Å². The van der Waals surface area contributed by atoms with Crippen molar-refractivity contribution in [3.8, 4) is 10.4 Å². The van der Waals surface area contributed by atoms with Gasteiger partial charge in [0, 0.05) is 4.88 Å². The van der Waals surface area contributed by atoms with Crippen molar-refractivity contribution in [3.63, 3.8) is 0 Å². The first-order valence-corrected chi connectivity index (χ1v) is 10.8. The molecule has 2 heterocycles. The minimum absolute atomic E-state index is 0.0199. The van der Waals surface area contributed by atoms with Gasteiger partial charge in [-0.2, -0.15) is 0 Å². The summed E-state index contributed by atoms with van der Waals surface area (Å²) in [6.07, 6.45) is 7.19. The predicted molar refractivity (Wildman–Crippen MR) is 112 cm³/mol. The Bertz CT molecular complexity index is 1020. The second-order valence-electron chi connectivity index (χ2n) is 7.27. The molecule has 1 saturated carbocycles. The molecule has 6 heteroatoms. The second kappa shape index (κ2) is 8.27. The molecule has 0 amide bonds. The normalized spacial score (nSPS) is 16.2. The largest absolute Gasteiger partial charge is 0.461 e. The zero-order valence-corrected chi connectivity index (χ0v) is 16.8. The van der Waals surface area contributed by atoms with Crippen molar-refractivity contribution in [2.45, 2.75) is 57.6 Å². The van der Waals surface area contributed by atoms with Crippen molar-refractivity contribution in [1.29, 1.82) is 0 Å². The summed E-state index contributed by atoms with van der Waals surface area (Å²) in [6, 6.07) is 11.2. The number of benzene rings is 1. The maximum atomic E-state index is 13.1. The third-order valence-corrected chi connectivity index (χ3v) is 6.46. The van der Waals surface area contributed by atoms with Gasteiger partial charge in [0.25, 0.3) is 5.56 Å². The number of hydrogen-bond acceptors (Lipinski definition) is 5. The summed E-state index contributed by atoms with van der Waals surface area (Å²) in [5.41, 5.74) is 0.871. The molecule has 2 aromatic heterocycles. The van der Waals surface area contributed by atoms with E-state index in [1.54, 1.807) is 0 Å². The lowest BCUT2D eigenvalue weighted by molar-refractivity contribution is -0.154. The number of hydrogen-bond donors (Lipinski definition) is 0. The first kappa shape index (κ1) is 18.9. The zero-order chi connectivity index (χ0) is 19.5.